The van der Waals surface area contributed by atoms with Crippen LogP contribution >= 0.6 is 0 Å². The molecule has 0 aliphatic carbocycles. The van der Waals surface area contributed by atoms with Crippen molar-refractivity contribution in [3.05, 3.63) is 139 Å². The Morgan fingerprint density at radius 1 is 0.368 bits per heavy atom. The normalized spacial score (nSPS) is 10.8. The van der Waals surface area contributed by atoms with E-state index in [1.54, 1.807) is 0 Å². The van der Waals surface area contributed by atoms with Gasteiger partial charge in [0.05, 0.1) is 0 Å². The van der Waals surface area contributed by atoms with E-state index in [0.717, 1.165) is 33.8 Å². The first-order chi connectivity index (χ1) is 18.7. The van der Waals surface area contributed by atoms with Gasteiger partial charge in [-0.15, -0.1) is 0 Å². The zero-order chi connectivity index (χ0) is 25.7. The van der Waals surface area contributed by atoms with Gasteiger partial charge in [0, 0.05) is 16.7 Å². The summed E-state index contributed by atoms with van der Waals surface area (Å²) in [5, 5.41) is 0. The van der Waals surface area contributed by atoms with Crippen LogP contribution in [0.5, 0.6) is 11.5 Å². The third-order valence-electron chi connectivity index (χ3n) is 6.29. The van der Waals surface area contributed by atoms with Crippen molar-refractivity contribution >= 4 is 0 Å². The van der Waals surface area contributed by atoms with Gasteiger partial charge in [0.25, 0.3) is 0 Å². The Kier molecular flexibility index (Phi) is 6.44. The summed E-state index contributed by atoms with van der Waals surface area (Å²) in [7, 11) is 0. The van der Waals surface area contributed by atoms with E-state index < -0.39 is 0 Å². The van der Waals surface area contributed by atoms with Crippen LogP contribution < -0.4 is 4.74 Å². The van der Waals surface area contributed by atoms with Crippen molar-refractivity contribution in [1.82, 2.24) is 15.0 Å². The van der Waals surface area contributed by atoms with E-state index in [2.05, 4.69) is 43.3 Å². The zero-order valence-electron chi connectivity index (χ0n) is 21.0. The Morgan fingerprint density at radius 3 is 1.13 bits per heavy atom. The average molecular weight is 492 g/mol. The number of aryl methyl sites for hydroxylation is 1. The van der Waals surface area contributed by atoms with Crippen molar-refractivity contribution < 1.29 is 4.74 Å². The molecule has 0 radical (unpaired) electrons. The lowest BCUT2D eigenvalue weighted by Crippen LogP contribution is -2.00. The quantitative estimate of drug-likeness (QED) is 0.234. The summed E-state index contributed by atoms with van der Waals surface area (Å²) < 4.78 is 6.11. The number of nitrogens with zero attached hydrogens (tertiary/aromatic N) is 3. The van der Waals surface area contributed by atoms with E-state index in [1.807, 2.05) is 97.1 Å². The van der Waals surface area contributed by atoms with Crippen LogP contribution in [0.3, 0.4) is 0 Å². The van der Waals surface area contributed by atoms with Gasteiger partial charge in [-0.25, -0.2) is 15.0 Å². The topological polar surface area (TPSA) is 47.9 Å². The first-order valence-electron chi connectivity index (χ1n) is 12.5. The second-order valence-corrected chi connectivity index (χ2v) is 9.06. The number of aromatic nitrogens is 3. The number of hydrogen-bond acceptors (Lipinski definition) is 4. The molecule has 0 bridgehead atoms. The molecule has 6 aromatic rings. The van der Waals surface area contributed by atoms with E-state index in [0.29, 0.717) is 17.5 Å². The summed E-state index contributed by atoms with van der Waals surface area (Å²) in [6.45, 7) is 2.09. The molecule has 1 aromatic heterocycles. The SMILES string of the molecule is Cc1ccc(-c2ccc(Oc3ccc(-c4nc(-c5ccccc5)nc(-c5ccccc5)n4)cc3)cc2)cc1. The van der Waals surface area contributed by atoms with E-state index >= 15 is 0 Å². The van der Waals surface area contributed by atoms with Crippen LogP contribution in [0.4, 0.5) is 0 Å². The van der Waals surface area contributed by atoms with Gasteiger partial charge in [0.2, 0.25) is 0 Å². The Morgan fingerprint density at radius 2 is 0.711 bits per heavy atom. The van der Waals surface area contributed by atoms with Crippen molar-refractivity contribution in [2.75, 3.05) is 0 Å². The molecule has 0 fully saturated rings. The van der Waals surface area contributed by atoms with Crippen LogP contribution in [0.1, 0.15) is 5.56 Å². The molecule has 0 atom stereocenters. The van der Waals surface area contributed by atoms with Crippen molar-refractivity contribution in [2.24, 2.45) is 0 Å². The van der Waals surface area contributed by atoms with Gasteiger partial charge < -0.3 is 4.74 Å². The Bertz CT molecular complexity index is 1590. The fourth-order valence-electron chi connectivity index (χ4n) is 4.21. The molecule has 0 saturated heterocycles. The highest BCUT2D eigenvalue weighted by atomic mass is 16.5. The minimum Gasteiger partial charge on any atom is -0.457 e. The van der Waals surface area contributed by atoms with Crippen molar-refractivity contribution in [3.8, 4) is 56.8 Å². The summed E-state index contributed by atoms with van der Waals surface area (Å²) in [5.41, 5.74) is 6.38. The third kappa shape index (κ3) is 5.20. The molecule has 0 saturated carbocycles. The number of benzene rings is 5. The van der Waals surface area contributed by atoms with E-state index in [9.17, 15) is 0 Å². The van der Waals surface area contributed by atoms with Crippen LogP contribution in [-0.2, 0) is 0 Å². The van der Waals surface area contributed by atoms with Crippen LogP contribution in [0, 0.1) is 6.92 Å². The standard InChI is InChI=1S/C34H25N3O/c1-24-12-14-25(15-13-24)26-16-20-30(21-17-26)38-31-22-18-29(19-23-31)34-36-32(27-8-4-2-5-9-27)35-33(37-34)28-10-6-3-7-11-28/h2-23H,1H3. The van der Waals surface area contributed by atoms with Gasteiger partial charge in [-0.3, -0.25) is 0 Å². The summed E-state index contributed by atoms with van der Waals surface area (Å²) in [6.07, 6.45) is 0. The maximum atomic E-state index is 6.11. The second-order valence-electron chi connectivity index (χ2n) is 9.06. The molecule has 0 spiro atoms. The highest BCUT2D eigenvalue weighted by Gasteiger charge is 2.12. The first-order valence-corrected chi connectivity index (χ1v) is 12.5. The maximum Gasteiger partial charge on any atom is 0.164 e. The van der Waals surface area contributed by atoms with E-state index in [1.165, 1.54) is 11.1 Å². The second kappa shape index (κ2) is 10.5. The summed E-state index contributed by atoms with van der Waals surface area (Å²) in [6, 6.07) is 44.5. The highest BCUT2D eigenvalue weighted by molar-refractivity contribution is 5.67. The smallest absolute Gasteiger partial charge is 0.164 e. The molecule has 0 unspecified atom stereocenters. The minimum atomic E-state index is 0.617. The molecule has 182 valence electrons. The van der Waals surface area contributed by atoms with Crippen molar-refractivity contribution in [2.45, 2.75) is 6.92 Å². The molecule has 1 heterocycles. The molecule has 0 aliphatic heterocycles. The Labute approximate surface area is 222 Å². The number of rotatable bonds is 6. The third-order valence-corrected chi connectivity index (χ3v) is 6.29. The van der Waals surface area contributed by atoms with Crippen molar-refractivity contribution in [1.29, 1.82) is 0 Å². The van der Waals surface area contributed by atoms with E-state index in [-0.39, 0.29) is 0 Å². The molecule has 5 aromatic carbocycles. The average Bonchev–Trinajstić information content (AvgIpc) is 2.99. The largest absolute Gasteiger partial charge is 0.457 e. The van der Waals surface area contributed by atoms with Crippen LogP contribution in [-0.4, -0.2) is 15.0 Å². The zero-order valence-corrected chi connectivity index (χ0v) is 21.0. The van der Waals surface area contributed by atoms with Crippen LogP contribution in [0.15, 0.2) is 133 Å². The fraction of sp³-hybridized carbons (Fsp3) is 0.0294. The van der Waals surface area contributed by atoms with Gasteiger partial charge in [0.1, 0.15) is 11.5 Å². The summed E-state index contributed by atoms with van der Waals surface area (Å²) >= 11 is 0. The monoisotopic (exact) mass is 491 g/mol. The van der Waals surface area contributed by atoms with Crippen LogP contribution in [0.2, 0.25) is 0 Å². The van der Waals surface area contributed by atoms with Crippen molar-refractivity contribution in [3.63, 3.8) is 0 Å². The summed E-state index contributed by atoms with van der Waals surface area (Å²) in [4.78, 5) is 14.3. The summed E-state index contributed by atoms with van der Waals surface area (Å²) in [5.74, 6) is 3.43. The fourth-order valence-corrected chi connectivity index (χ4v) is 4.21. The molecule has 0 N–H and O–H groups in total. The molecule has 0 amide bonds. The predicted molar refractivity (Wildman–Crippen MR) is 153 cm³/mol. The highest BCUT2D eigenvalue weighted by Crippen LogP contribution is 2.29. The minimum absolute atomic E-state index is 0.617. The van der Waals surface area contributed by atoms with Gasteiger partial charge in [-0.05, 0) is 54.4 Å². The lowest BCUT2D eigenvalue weighted by Gasteiger charge is -2.10. The van der Waals surface area contributed by atoms with E-state index in [4.69, 9.17) is 19.7 Å². The van der Waals surface area contributed by atoms with Crippen LogP contribution in [0.25, 0.3) is 45.3 Å². The molecule has 6 rings (SSSR count). The number of ether oxygens (including phenoxy) is 1. The Hall–Kier alpha value is -5.09. The first kappa shape index (κ1) is 23.3. The molecular weight excluding hydrogens is 466 g/mol. The van der Waals surface area contributed by atoms with Gasteiger partial charge in [0.15, 0.2) is 17.5 Å². The van der Waals surface area contributed by atoms with Gasteiger partial charge >= 0.3 is 0 Å². The predicted octanol–water partition coefficient (Wildman–Crippen LogP) is 8.64. The molecule has 38 heavy (non-hydrogen) atoms. The maximum absolute atomic E-state index is 6.11. The lowest BCUT2D eigenvalue weighted by atomic mass is 10.0. The molecule has 4 nitrogen and oxygen atoms in total. The molecular formula is C34H25N3O. The molecule has 4 heteroatoms. The van der Waals surface area contributed by atoms with Gasteiger partial charge in [-0.1, -0.05) is 103 Å². The van der Waals surface area contributed by atoms with Gasteiger partial charge in [-0.2, -0.15) is 0 Å². The molecule has 0 aliphatic rings. The Balaban J connectivity index is 1.26. The lowest BCUT2D eigenvalue weighted by molar-refractivity contribution is 0.483. The number of hydrogen-bond donors (Lipinski definition) is 0.